The zero-order valence-electron chi connectivity index (χ0n) is 9.14. The van der Waals surface area contributed by atoms with Gasteiger partial charge in [0.1, 0.15) is 0 Å². The molecule has 0 amide bonds. The van der Waals surface area contributed by atoms with E-state index < -0.39 is 0 Å². The molecule has 1 aromatic carbocycles. The highest BCUT2D eigenvalue weighted by molar-refractivity contribution is 7.18. The quantitative estimate of drug-likeness (QED) is 0.772. The SMILES string of the molecule is CC1CC(c2nc3ccc(N)cc3s2)CO1. The second-order valence-corrected chi connectivity index (χ2v) is 5.42. The van der Waals surface area contributed by atoms with Gasteiger partial charge >= 0.3 is 0 Å². The summed E-state index contributed by atoms with van der Waals surface area (Å²) in [5, 5.41) is 1.19. The first kappa shape index (κ1) is 10.1. The van der Waals surface area contributed by atoms with Crippen molar-refractivity contribution in [2.24, 2.45) is 0 Å². The second-order valence-electron chi connectivity index (χ2n) is 4.36. The van der Waals surface area contributed by atoms with Gasteiger partial charge in [-0.15, -0.1) is 11.3 Å². The van der Waals surface area contributed by atoms with Crippen molar-refractivity contribution in [2.45, 2.75) is 25.4 Å². The van der Waals surface area contributed by atoms with Crippen LogP contribution in [0.1, 0.15) is 24.3 Å². The molecule has 2 atom stereocenters. The monoisotopic (exact) mass is 234 g/mol. The van der Waals surface area contributed by atoms with Crippen molar-refractivity contribution in [3.63, 3.8) is 0 Å². The van der Waals surface area contributed by atoms with Crippen molar-refractivity contribution in [3.05, 3.63) is 23.2 Å². The van der Waals surface area contributed by atoms with Crippen LogP contribution in [0.4, 0.5) is 5.69 Å². The molecule has 0 saturated carbocycles. The smallest absolute Gasteiger partial charge is 0.0993 e. The molecule has 0 aliphatic carbocycles. The van der Waals surface area contributed by atoms with Crippen LogP contribution in [0.15, 0.2) is 18.2 Å². The summed E-state index contributed by atoms with van der Waals surface area (Å²) in [5.41, 5.74) is 7.62. The molecule has 0 bridgehead atoms. The first-order chi connectivity index (χ1) is 7.72. The van der Waals surface area contributed by atoms with Crippen molar-refractivity contribution in [1.82, 2.24) is 4.98 Å². The molecule has 1 aliphatic rings. The normalized spacial score (nSPS) is 25.3. The first-order valence-electron chi connectivity index (χ1n) is 5.50. The van der Waals surface area contributed by atoms with E-state index in [0.717, 1.165) is 24.2 Å². The highest BCUT2D eigenvalue weighted by atomic mass is 32.1. The van der Waals surface area contributed by atoms with Gasteiger partial charge in [-0.2, -0.15) is 0 Å². The lowest BCUT2D eigenvalue weighted by Gasteiger charge is -2.00. The molecule has 1 saturated heterocycles. The Bertz CT molecular complexity index is 523. The maximum atomic E-state index is 5.76. The predicted octanol–water partition coefficient (Wildman–Crippen LogP) is 2.77. The van der Waals surface area contributed by atoms with Crippen LogP contribution in [-0.4, -0.2) is 17.7 Å². The van der Waals surface area contributed by atoms with Crippen LogP contribution >= 0.6 is 11.3 Å². The molecule has 1 aliphatic heterocycles. The van der Waals surface area contributed by atoms with E-state index in [-0.39, 0.29) is 0 Å². The molecule has 0 spiro atoms. The highest BCUT2D eigenvalue weighted by Crippen LogP contribution is 2.34. The van der Waals surface area contributed by atoms with E-state index in [1.54, 1.807) is 11.3 Å². The van der Waals surface area contributed by atoms with Crippen molar-refractivity contribution in [3.8, 4) is 0 Å². The number of rotatable bonds is 1. The number of ether oxygens (including phenoxy) is 1. The van der Waals surface area contributed by atoms with Gasteiger partial charge in [0.2, 0.25) is 0 Å². The molecule has 2 unspecified atom stereocenters. The molecular weight excluding hydrogens is 220 g/mol. The van der Waals surface area contributed by atoms with E-state index in [9.17, 15) is 0 Å². The third-order valence-corrected chi connectivity index (χ3v) is 4.16. The van der Waals surface area contributed by atoms with Crippen LogP contribution in [0.3, 0.4) is 0 Å². The number of nitrogen functional groups attached to an aromatic ring is 1. The molecule has 16 heavy (non-hydrogen) atoms. The van der Waals surface area contributed by atoms with Crippen LogP contribution in [0.2, 0.25) is 0 Å². The van der Waals surface area contributed by atoms with E-state index in [1.807, 2.05) is 18.2 Å². The van der Waals surface area contributed by atoms with Crippen LogP contribution in [0, 0.1) is 0 Å². The van der Waals surface area contributed by atoms with Gasteiger partial charge < -0.3 is 10.5 Å². The van der Waals surface area contributed by atoms with Crippen LogP contribution < -0.4 is 5.73 Å². The van der Waals surface area contributed by atoms with Gasteiger partial charge in [0.05, 0.1) is 27.9 Å². The number of nitrogens with two attached hydrogens (primary N) is 1. The van der Waals surface area contributed by atoms with Gasteiger partial charge in [-0.25, -0.2) is 4.98 Å². The zero-order valence-corrected chi connectivity index (χ0v) is 9.96. The van der Waals surface area contributed by atoms with Crippen molar-refractivity contribution < 1.29 is 4.74 Å². The van der Waals surface area contributed by atoms with Gasteiger partial charge in [-0.05, 0) is 31.5 Å². The fourth-order valence-electron chi connectivity index (χ4n) is 2.12. The fourth-order valence-corrected chi connectivity index (χ4v) is 3.24. The third-order valence-electron chi connectivity index (χ3n) is 2.98. The van der Waals surface area contributed by atoms with Gasteiger partial charge in [-0.1, -0.05) is 0 Å². The molecular formula is C12H14N2OS. The molecule has 4 heteroatoms. The Morgan fingerprint density at radius 1 is 1.50 bits per heavy atom. The number of hydrogen-bond donors (Lipinski definition) is 1. The summed E-state index contributed by atoms with van der Waals surface area (Å²) >= 11 is 1.74. The summed E-state index contributed by atoms with van der Waals surface area (Å²) < 4.78 is 6.76. The fraction of sp³-hybridized carbons (Fsp3) is 0.417. The third kappa shape index (κ3) is 1.68. The van der Waals surface area contributed by atoms with Crippen molar-refractivity contribution in [1.29, 1.82) is 0 Å². The number of hydrogen-bond acceptors (Lipinski definition) is 4. The van der Waals surface area contributed by atoms with Crippen LogP contribution in [0.5, 0.6) is 0 Å². The summed E-state index contributed by atoms with van der Waals surface area (Å²) in [7, 11) is 0. The summed E-state index contributed by atoms with van der Waals surface area (Å²) in [6.07, 6.45) is 1.44. The Kier molecular flexibility index (Phi) is 2.33. The molecule has 1 aromatic heterocycles. The Labute approximate surface area is 98.2 Å². The maximum absolute atomic E-state index is 5.76. The lowest BCUT2D eigenvalue weighted by molar-refractivity contribution is 0.123. The number of benzene rings is 1. The number of nitrogens with zero attached hydrogens (tertiary/aromatic N) is 1. The van der Waals surface area contributed by atoms with Gasteiger partial charge in [0.25, 0.3) is 0 Å². The van der Waals surface area contributed by atoms with Gasteiger partial charge in [0, 0.05) is 11.6 Å². The Morgan fingerprint density at radius 2 is 2.38 bits per heavy atom. The molecule has 3 rings (SSSR count). The zero-order chi connectivity index (χ0) is 11.1. The molecule has 2 heterocycles. The summed E-state index contributed by atoms with van der Waals surface area (Å²) in [4.78, 5) is 4.65. The average Bonchev–Trinajstić information content (AvgIpc) is 2.83. The van der Waals surface area contributed by atoms with E-state index in [4.69, 9.17) is 10.5 Å². The van der Waals surface area contributed by atoms with Gasteiger partial charge in [0.15, 0.2) is 0 Å². The minimum atomic E-state index is 0.363. The van der Waals surface area contributed by atoms with E-state index in [1.165, 1.54) is 9.71 Å². The molecule has 2 aromatic rings. The summed E-state index contributed by atoms with van der Waals surface area (Å²) in [6.45, 7) is 2.92. The molecule has 1 fully saturated rings. The lowest BCUT2D eigenvalue weighted by Crippen LogP contribution is -1.96. The predicted molar refractivity (Wildman–Crippen MR) is 66.8 cm³/mol. The Balaban J connectivity index is 1.99. The Hall–Kier alpha value is -1.13. The topological polar surface area (TPSA) is 48.1 Å². The number of anilines is 1. The lowest BCUT2D eigenvalue weighted by atomic mass is 10.1. The molecule has 0 radical (unpaired) electrons. The maximum Gasteiger partial charge on any atom is 0.0993 e. The first-order valence-corrected chi connectivity index (χ1v) is 6.31. The second kappa shape index (κ2) is 3.71. The number of fused-ring (bicyclic) bond motifs is 1. The van der Waals surface area contributed by atoms with E-state index in [0.29, 0.717) is 12.0 Å². The average molecular weight is 234 g/mol. The highest BCUT2D eigenvalue weighted by Gasteiger charge is 2.26. The van der Waals surface area contributed by atoms with Crippen LogP contribution in [-0.2, 0) is 4.74 Å². The number of aromatic nitrogens is 1. The molecule has 2 N–H and O–H groups in total. The standard InChI is InChI=1S/C12H14N2OS/c1-7-4-8(6-15-7)12-14-10-3-2-9(13)5-11(10)16-12/h2-3,5,7-8H,4,6,13H2,1H3. The summed E-state index contributed by atoms with van der Waals surface area (Å²) in [5.74, 6) is 0.466. The van der Waals surface area contributed by atoms with E-state index >= 15 is 0 Å². The molecule has 84 valence electrons. The van der Waals surface area contributed by atoms with Crippen molar-refractivity contribution >= 4 is 27.2 Å². The largest absolute Gasteiger partial charge is 0.399 e. The molecule has 3 nitrogen and oxygen atoms in total. The Morgan fingerprint density at radius 3 is 3.12 bits per heavy atom. The minimum absolute atomic E-state index is 0.363. The summed E-state index contributed by atoms with van der Waals surface area (Å²) in [6, 6.07) is 5.89. The van der Waals surface area contributed by atoms with Crippen molar-refractivity contribution in [2.75, 3.05) is 12.3 Å². The van der Waals surface area contributed by atoms with E-state index in [2.05, 4.69) is 11.9 Å². The van der Waals surface area contributed by atoms with Crippen LogP contribution in [0.25, 0.3) is 10.2 Å². The van der Waals surface area contributed by atoms with Gasteiger partial charge in [-0.3, -0.25) is 0 Å². The number of thiazole rings is 1. The minimum Gasteiger partial charge on any atom is -0.399 e.